The SMILES string of the molecule is O=C(NC1CC1)c1c[nH]c2ccc(Cl)cc12. The van der Waals surface area contributed by atoms with Crippen LogP contribution in [0.15, 0.2) is 24.4 Å². The van der Waals surface area contributed by atoms with Crippen LogP contribution >= 0.6 is 11.6 Å². The van der Waals surface area contributed by atoms with Gasteiger partial charge in [-0.15, -0.1) is 0 Å². The van der Waals surface area contributed by atoms with Crippen LogP contribution in [0.1, 0.15) is 23.2 Å². The topological polar surface area (TPSA) is 44.9 Å². The van der Waals surface area contributed by atoms with Crippen molar-refractivity contribution < 1.29 is 4.79 Å². The van der Waals surface area contributed by atoms with Crippen molar-refractivity contribution >= 4 is 28.4 Å². The molecule has 1 fully saturated rings. The summed E-state index contributed by atoms with van der Waals surface area (Å²) in [5.41, 5.74) is 1.61. The van der Waals surface area contributed by atoms with Crippen LogP contribution in [0.5, 0.6) is 0 Å². The number of amides is 1. The first-order chi connectivity index (χ1) is 7.74. The molecule has 1 aromatic carbocycles. The Morgan fingerprint density at radius 1 is 1.44 bits per heavy atom. The predicted octanol–water partition coefficient (Wildman–Crippen LogP) is 2.71. The third kappa shape index (κ3) is 1.67. The van der Waals surface area contributed by atoms with Gasteiger partial charge in [0.25, 0.3) is 5.91 Å². The minimum Gasteiger partial charge on any atom is -0.360 e. The zero-order valence-electron chi connectivity index (χ0n) is 8.59. The van der Waals surface area contributed by atoms with E-state index in [2.05, 4.69) is 10.3 Å². The molecule has 0 radical (unpaired) electrons. The number of halogens is 1. The maximum Gasteiger partial charge on any atom is 0.253 e. The van der Waals surface area contributed by atoms with Crippen molar-refractivity contribution in [2.24, 2.45) is 0 Å². The van der Waals surface area contributed by atoms with E-state index < -0.39 is 0 Å². The molecule has 1 saturated carbocycles. The molecule has 0 atom stereocenters. The van der Waals surface area contributed by atoms with Gasteiger partial charge in [0.05, 0.1) is 5.56 Å². The molecule has 0 bridgehead atoms. The van der Waals surface area contributed by atoms with Gasteiger partial charge in [0.1, 0.15) is 0 Å². The normalized spacial score (nSPS) is 15.3. The summed E-state index contributed by atoms with van der Waals surface area (Å²) in [4.78, 5) is 15.0. The molecule has 82 valence electrons. The number of hydrogen-bond donors (Lipinski definition) is 2. The van der Waals surface area contributed by atoms with E-state index in [-0.39, 0.29) is 5.91 Å². The highest BCUT2D eigenvalue weighted by atomic mass is 35.5. The lowest BCUT2D eigenvalue weighted by Gasteiger charge is -2.01. The zero-order chi connectivity index (χ0) is 11.1. The van der Waals surface area contributed by atoms with Gasteiger partial charge in [0, 0.05) is 28.2 Å². The highest BCUT2D eigenvalue weighted by Crippen LogP contribution is 2.24. The Balaban J connectivity index is 2.01. The number of H-pyrrole nitrogens is 1. The minimum absolute atomic E-state index is 0.0176. The minimum atomic E-state index is -0.0176. The van der Waals surface area contributed by atoms with Crippen molar-refractivity contribution in [3.8, 4) is 0 Å². The molecule has 2 aromatic rings. The number of benzene rings is 1. The molecule has 3 nitrogen and oxygen atoms in total. The summed E-state index contributed by atoms with van der Waals surface area (Å²) in [5.74, 6) is -0.0176. The summed E-state index contributed by atoms with van der Waals surface area (Å²) in [6.45, 7) is 0. The molecule has 3 rings (SSSR count). The highest BCUT2D eigenvalue weighted by molar-refractivity contribution is 6.31. The average Bonchev–Trinajstić information content (AvgIpc) is 2.96. The van der Waals surface area contributed by atoms with Crippen LogP contribution in [0.3, 0.4) is 0 Å². The van der Waals surface area contributed by atoms with Crippen LogP contribution in [0.2, 0.25) is 5.02 Å². The largest absolute Gasteiger partial charge is 0.360 e. The van der Waals surface area contributed by atoms with E-state index >= 15 is 0 Å². The highest BCUT2D eigenvalue weighted by Gasteiger charge is 2.24. The number of carbonyl (C=O) groups excluding carboxylic acids is 1. The fourth-order valence-electron chi connectivity index (χ4n) is 1.77. The van der Waals surface area contributed by atoms with Gasteiger partial charge < -0.3 is 10.3 Å². The molecular formula is C12H11ClN2O. The molecular weight excluding hydrogens is 224 g/mol. The van der Waals surface area contributed by atoms with E-state index in [1.165, 1.54) is 0 Å². The van der Waals surface area contributed by atoms with Crippen molar-refractivity contribution in [2.75, 3.05) is 0 Å². The van der Waals surface area contributed by atoms with Crippen LogP contribution in [0.25, 0.3) is 10.9 Å². The number of aromatic nitrogens is 1. The first-order valence-corrected chi connectivity index (χ1v) is 5.69. The number of fused-ring (bicyclic) bond motifs is 1. The van der Waals surface area contributed by atoms with E-state index in [9.17, 15) is 4.79 Å². The van der Waals surface area contributed by atoms with E-state index in [0.717, 1.165) is 23.7 Å². The number of nitrogens with one attached hydrogen (secondary N) is 2. The van der Waals surface area contributed by atoms with Crippen LogP contribution in [-0.2, 0) is 0 Å². The van der Waals surface area contributed by atoms with Gasteiger partial charge in [-0.05, 0) is 31.0 Å². The second-order valence-electron chi connectivity index (χ2n) is 4.14. The van der Waals surface area contributed by atoms with Gasteiger partial charge in [-0.25, -0.2) is 0 Å². The number of aromatic amines is 1. The summed E-state index contributed by atoms with van der Waals surface area (Å²) in [7, 11) is 0. The van der Waals surface area contributed by atoms with E-state index in [1.807, 2.05) is 18.2 Å². The summed E-state index contributed by atoms with van der Waals surface area (Å²) >= 11 is 5.92. The van der Waals surface area contributed by atoms with Crippen LogP contribution in [0, 0.1) is 0 Å². The van der Waals surface area contributed by atoms with Crippen molar-refractivity contribution in [2.45, 2.75) is 18.9 Å². The number of hydrogen-bond acceptors (Lipinski definition) is 1. The Morgan fingerprint density at radius 2 is 2.25 bits per heavy atom. The van der Waals surface area contributed by atoms with Crippen molar-refractivity contribution in [1.82, 2.24) is 10.3 Å². The maximum absolute atomic E-state index is 11.9. The predicted molar refractivity (Wildman–Crippen MR) is 63.8 cm³/mol. The van der Waals surface area contributed by atoms with Crippen LogP contribution < -0.4 is 5.32 Å². The Kier molecular flexibility index (Phi) is 2.14. The Morgan fingerprint density at radius 3 is 3.00 bits per heavy atom. The molecule has 0 unspecified atom stereocenters. The molecule has 16 heavy (non-hydrogen) atoms. The molecule has 1 amide bonds. The van der Waals surface area contributed by atoms with E-state index in [1.54, 1.807) is 6.20 Å². The van der Waals surface area contributed by atoms with Crippen molar-refractivity contribution in [3.05, 3.63) is 35.0 Å². The third-order valence-corrected chi connectivity index (χ3v) is 3.04. The Bertz CT molecular complexity index is 557. The fourth-order valence-corrected chi connectivity index (χ4v) is 1.94. The zero-order valence-corrected chi connectivity index (χ0v) is 9.34. The lowest BCUT2D eigenvalue weighted by atomic mass is 10.1. The second kappa shape index (κ2) is 3.52. The molecule has 1 aliphatic carbocycles. The Labute approximate surface area is 97.8 Å². The number of rotatable bonds is 2. The van der Waals surface area contributed by atoms with Crippen LogP contribution in [0.4, 0.5) is 0 Å². The summed E-state index contributed by atoms with van der Waals surface area (Å²) in [6.07, 6.45) is 3.92. The molecule has 4 heteroatoms. The standard InChI is InChI=1S/C12H11ClN2O/c13-7-1-4-11-9(5-7)10(6-14-11)12(16)15-8-2-3-8/h1,4-6,8,14H,2-3H2,(H,15,16). The molecule has 0 aliphatic heterocycles. The first-order valence-electron chi connectivity index (χ1n) is 5.31. The smallest absolute Gasteiger partial charge is 0.253 e. The maximum atomic E-state index is 11.9. The van der Waals surface area contributed by atoms with E-state index in [0.29, 0.717) is 16.6 Å². The molecule has 0 saturated heterocycles. The van der Waals surface area contributed by atoms with Gasteiger partial charge >= 0.3 is 0 Å². The van der Waals surface area contributed by atoms with Crippen LogP contribution in [-0.4, -0.2) is 16.9 Å². The fraction of sp³-hybridized carbons (Fsp3) is 0.250. The van der Waals surface area contributed by atoms with Crippen molar-refractivity contribution in [3.63, 3.8) is 0 Å². The molecule has 1 aliphatic rings. The van der Waals surface area contributed by atoms with Crippen molar-refractivity contribution in [1.29, 1.82) is 0 Å². The van der Waals surface area contributed by atoms with Gasteiger partial charge in [-0.1, -0.05) is 11.6 Å². The van der Waals surface area contributed by atoms with Gasteiger partial charge in [-0.3, -0.25) is 4.79 Å². The molecule has 1 heterocycles. The summed E-state index contributed by atoms with van der Waals surface area (Å²) in [5, 5.41) is 4.49. The average molecular weight is 235 g/mol. The lowest BCUT2D eigenvalue weighted by Crippen LogP contribution is -2.25. The lowest BCUT2D eigenvalue weighted by molar-refractivity contribution is 0.0953. The summed E-state index contributed by atoms with van der Waals surface area (Å²) in [6, 6.07) is 5.88. The summed E-state index contributed by atoms with van der Waals surface area (Å²) < 4.78 is 0. The number of carbonyl (C=O) groups is 1. The second-order valence-corrected chi connectivity index (χ2v) is 4.58. The molecule has 1 aromatic heterocycles. The van der Waals surface area contributed by atoms with Gasteiger partial charge in [-0.2, -0.15) is 0 Å². The molecule has 2 N–H and O–H groups in total. The van der Waals surface area contributed by atoms with Gasteiger partial charge in [0.15, 0.2) is 0 Å². The van der Waals surface area contributed by atoms with E-state index in [4.69, 9.17) is 11.6 Å². The third-order valence-electron chi connectivity index (χ3n) is 2.80. The quantitative estimate of drug-likeness (QED) is 0.825. The monoisotopic (exact) mass is 234 g/mol. The molecule has 0 spiro atoms. The van der Waals surface area contributed by atoms with Gasteiger partial charge in [0.2, 0.25) is 0 Å². The first kappa shape index (κ1) is 9.73. The Hall–Kier alpha value is -1.48.